The van der Waals surface area contributed by atoms with Gasteiger partial charge in [0.2, 0.25) is 5.91 Å². The molecule has 2 amide bonds. The summed E-state index contributed by atoms with van der Waals surface area (Å²) in [7, 11) is 1.80. The molecule has 0 fully saturated rings. The molecule has 0 radical (unpaired) electrons. The molecule has 3 N–H and O–H groups in total. The van der Waals surface area contributed by atoms with Gasteiger partial charge in [0.15, 0.2) is 0 Å². The van der Waals surface area contributed by atoms with Crippen LogP contribution in [0.1, 0.15) is 22.5 Å². The van der Waals surface area contributed by atoms with Gasteiger partial charge in [0.1, 0.15) is 17.5 Å². The predicted octanol–water partition coefficient (Wildman–Crippen LogP) is 2.25. The number of hydrogen-bond donors (Lipinski definition) is 3. The highest BCUT2D eigenvalue weighted by atomic mass is 16.3. The summed E-state index contributed by atoms with van der Waals surface area (Å²) in [4.78, 5) is 25.5. The van der Waals surface area contributed by atoms with Crippen molar-refractivity contribution in [3.05, 3.63) is 65.9 Å². The van der Waals surface area contributed by atoms with Crippen LogP contribution in [0.15, 0.2) is 54.6 Å². The lowest BCUT2D eigenvalue weighted by Gasteiger charge is -2.19. The minimum absolute atomic E-state index is 0.128. The highest BCUT2D eigenvalue weighted by molar-refractivity contribution is 6.00. The molecule has 3 aromatic rings. The lowest BCUT2D eigenvalue weighted by atomic mass is 10.0. The second-order valence-electron chi connectivity index (χ2n) is 6.74. The summed E-state index contributed by atoms with van der Waals surface area (Å²) in [6.07, 6.45) is 0.448. The molecule has 1 heterocycles. The van der Waals surface area contributed by atoms with E-state index in [1.54, 1.807) is 29.8 Å². The molecule has 0 saturated heterocycles. The van der Waals surface area contributed by atoms with E-state index in [-0.39, 0.29) is 37.0 Å². The van der Waals surface area contributed by atoms with E-state index in [2.05, 4.69) is 10.6 Å². The highest BCUT2D eigenvalue weighted by Gasteiger charge is 2.23. The van der Waals surface area contributed by atoms with E-state index in [4.69, 9.17) is 5.26 Å². The van der Waals surface area contributed by atoms with Crippen molar-refractivity contribution >= 4 is 22.7 Å². The van der Waals surface area contributed by atoms with Crippen molar-refractivity contribution in [3.8, 4) is 11.8 Å². The fourth-order valence-electron chi connectivity index (χ4n) is 3.18. The lowest BCUT2D eigenvalue weighted by molar-refractivity contribution is -0.122. The molecule has 7 nitrogen and oxygen atoms in total. The van der Waals surface area contributed by atoms with Gasteiger partial charge in [-0.2, -0.15) is 5.26 Å². The number of nitriles is 1. The van der Waals surface area contributed by atoms with Crippen LogP contribution in [0.5, 0.6) is 5.75 Å². The van der Waals surface area contributed by atoms with E-state index in [1.165, 1.54) is 12.1 Å². The first kappa shape index (κ1) is 20.0. The fourth-order valence-corrected chi connectivity index (χ4v) is 3.18. The van der Waals surface area contributed by atoms with Crippen LogP contribution in [-0.2, 0) is 18.3 Å². The Balaban J connectivity index is 1.81. The summed E-state index contributed by atoms with van der Waals surface area (Å²) in [5, 5.41) is 24.6. The lowest BCUT2D eigenvalue weighted by Crippen LogP contribution is -2.48. The summed E-state index contributed by atoms with van der Waals surface area (Å²) in [6, 6.07) is 17.1. The van der Waals surface area contributed by atoms with E-state index < -0.39 is 6.04 Å². The maximum absolute atomic E-state index is 12.9. The third-order valence-electron chi connectivity index (χ3n) is 4.72. The first-order valence-electron chi connectivity index (χ1n) is 9.27. The molecule has 0 saturated carbocycles. The molecule has 0 aliphatic heterocycles. The maximum atomic E-state index is 12.9. The van der Waals surface area contributed by atoms with E-state index in [0.29, 0.717) is 5.69 Å². The number of nitrogens with zero attached hydrogens (tertiary/aromatic N) is 2. The Labute approximate surface area is 168 Å². The molecule has 0 bridgehead atoms. The second-order valence-corrected chi connectivity index (χ2v) is 6.74. The third kappa shape index (κ3) is 4.74. The zero-order valence-corrected chi connectivity index (χ0v) is 16.1. The van der Waals surface area contributed by atoms with Gasteiger partial charge in [-0.25, -0.2) is 0 Å². The van der Waals surface area contributed by atoms with Gasteiger partial charge in [-0.15, -0.1) is 0 Å². The predicted molar refractivity (Wildman–Crippen MR) is 109 cm³/mol. The average Bonchev–Trinajstić information content (AvgIpc) is 3.06. The number of fused-ring (bicyclic) bond motifs is 1. The number of phenols is 1. The molecular formula is C22H22N4O3. The summed E-state index contributed by atoms with van der Waals surface area (Å²) >= 11 is 0. The molecule has 1 aromatic heterocycles. The zero-order chi connectivity index (χ0) is 20.8. The van der Waals surface area contributed by atoms with Crippen LogP contribution in [0, 0.1) is 11.3 Å². The molecular weight excluding hydrogens is 368 g/mol. The number of phenolic OH excluding ortho intramolecular Hbond substituents is 1. The van der Waals surface area contributed by atoms with Crippen LogP contribution >= 0.6 is 0 Å². The van der Waals surface area contributed by atoms with Crippen LogP contribution < -0.4 is 10.6 Å². The molecule has 0 spiro atoms. The van der Waals surface area contributed by atoms with Gasteiger partial charge >= 0.3 is 0 Å². The number of aryl methyl sites for hydroxylation is 1. The van der Waals surface area contributed by atoms with Gasteiger partial charge in [-0.3, -0.25) is 9.59 Å². The van der Waals surface area contributed by atoms with Crippen molar-refractivity contribution in [2.45, 2.75) is 18.9 Å². The smallest absolute Gasteiger partial charge is 0.268 e. The number of carbonyl (C=O) groups excluding carboxylic acids is 2. The number of aromatic nitrogens is 1. The summed E-state index contributed by atoms with van der Waals surface area (Å²) in [5.41, 5.74) is 2.17. The Kier molecular flexibility index (Phi) is 6.15. The van der Waals surface area contributed by atoms with Crippen molar-refractivity contribution in [1.82, 2.24) is 15.2 Å². The van der Waals surface area contributed by atoms with Crippen LogP contribution in [-0.4, -0.2) is 34.1 Å². The van der Waals surface area contributed by atoms with Crippen molar-refractivity contribution < 1.29 is 14.7 Å². The van der Waals surface area contributed by atoms with Gasteiger partial charge in [0.25, 0.3) is 5.91 Å². The Morgan fingerprint density at radius 2 is 1.90 bits per heavy atom. The maximum Gasteiger partial charge on any atom is 0.268 e. The molecule has 0 aliphatic carbocycles. The van der Waals surface area contributed by atoms with Crippen LogP contribution in [0.3, 0.4) is 0 Å². The zero-order valence-electron chi connectivity index (χ0n) is 16.1. The van der Waals surface area contributed by atoms with Crippen LogP contribution in [0.4, 0.5) is 0 Å². The standard InChI is InChI=1S/C22H22N4O3/c1-26-19-6-3-2-5-16(19)14-20(26)22(29)25-18(21(28)24-12-4-11-23)13-15-7-9-17(27)10-8-15/h2-3,5-10,14,18,27H,4,12-13H2,1H3,(H,24,28)(H,25,29). The van der Waals surface area contributed by atoms with Crippen LogP contribution in [0.25, 0.3) is 10.9 Å². The van der Waals surface area contributed by atoms with Crippen molar-refractivity contribution in [2.75, 3.05) is 6.54 Å². The number of benzene rings is 2. The number of rotatable bonds is 7. The molecule has 1 unspecified atom stereocenters. The van der Waals surface area contributed by atoms with Crippen molar-refractivity contribution in [3.63, 3.8) is 0 Å². The van der Waals surface area contributed by atoms with Crippen molar-refractivity contribution in [2.24, 2.45) is 7.05 Å². The fraction of sp³-hybridized carbons (Fsp3) is 0.227. The van der Waals surface area contributed by atoms with E-state index in [9.17, 15) is 14.7 Å². The molecule has 0 aliphatic rings. The van der Waals surface area contributed by atoms with Gasteiger partial charge < -0.3 is 20.3 Å². The van der Waals surface area contributed by atoms with Gasteiger partial charge in [0, 0.05) is 30.9 Å². The number of hydrogen-bond acceptors (Lipinski definition) is 4. The number of amides is 2. The monoisotopic (exact) mass is 390 g/mol. The van der Waals surface area contributed by atoms with Gasteiger partial charge in [-0.05, 0) is 29.8 Å². The average molecular weight is 390 g/mol. The summed E-state index contributed by atoms with van der Waals surface area (Å²) in [6.45, 7) is 0.214. The van der Waals surface area contributed by atoms with Crippen molar-refractivity contribution in [1.29, 1.82) is 5.26 Å². The summed E-state index contributed by atoms with van der Waals surface area (Å²) < 4.78 is 1.79. The molecule has 3 rings (SSSR count). The molecule has 2 aromatic carbocycles. The first-order chi connectivity index (χ1) is 14.0. The Hall–Kier alpha value is -3.79. The normalized spacial score (nSPS) is 11.6. The minimum atomic E-state index is -0.816. The molecule has 7 heteroatoms. The Morgan fingerprint density at radius 1 is 1.17 bits per heavy atom. The Morgan fingerprint density at radius 3 is 2.59 bits per heavy atom. The highest BCUT2D eigenvalue weighted by Crippen LogP contribution is 2.18. The third-order valence-corrected chi connectivity index (χ3v) is 4.72. The SMILES string of the molecule is Cn1c(C(=O)NC(Cc2ccc(O)cc2)C(=O)NCCC#N)cc2ccccc21. The van der Waals surface area contributed by atoms with E-state index in [0.717, 1.165) is 16.5 Å². The second kappa shape index (κ2) is 8.93. The topological polar surface area (TPSA) is 107 Å². The summed E-state index contributed by atoms with van der Waals surface area (Å²) in [5.74, 6) is -0.591. The number of para-hydroxylation sites is 1. The van der Waals surface area contributed by atoms with Gasteiger partial charge in [0.05, 0.1) is 12.5 Å². The van der Waals surface area contributed by atoms with Gasteiger partial charge in [-0.1, -0.05) is 30.3 Å². The molecule has 1 atom stereocenters. The van der Waals surface area contributed by atoms with Crippen LogP contribution in [0.2, 0.25) is 0 Å². The quantitative estimate of drug-likeness (QED) is 0.538. The molecule has 29 heavy (non-hydrogen) atoms. The van der Waals surface area contributed by atoms with E-state index in [1.807, 2.05) is 30.3 Å². The minimum Gasteiger partial charge on any atom is -0.508 e. The van der Waals surface area contributed by atoms with E-state index >= 15 is 0 Å². The number of aromatic hydroxyl groups is 1. The largest absolute Gasteiger partial charge is 0.508 e. The molecule has 148 valence electrons. The number of carbonyl (C=O) groups is 2. The Bertz CT molecular complexity index is 1060. The number of nitrogens with one attached hydrogen (secondary N) is 2. The first-order valence-corrected chi connectivity index (χ1v) is 9.27.